The molecular weight excluding hydrogens is 376 g/mol. The number of carbonyl (C=O) groups is 1. The first kappa shape index (κ1) is 20.2. The number of nitrogens with one attached hydrogen (secondary N) is 3. The van der Waals surface area contributed by atoms with Gasteiger partial charge in [-0.1, -0.05) is 18.2 Å². The molecule has 3 heterocycles. The minimum Gasteiger partial charge on any atom is -0.361 e. The molecule has 1 aliphatic heterocycles. The number of aromatic nitrogens is 2. The molecule has 0 atom stereocenters. The van der Waals surface area contributed by atoms with Crippen LogP contribution in [0.4, 0.5) is 10.6 Å². The number of hydrogen-bond acceptors (Lipinski definition) is 4. The van der Waals surface area contributed by atoms with Gasteiger partial charge in [0.05, 0.1) is 0 Å². The molecule has 2 amide bonds. The summed E-state index contributed by atoms with van der Waals surface area (Å²) in [4.78, 5) is 24.6. The van der Waals surface area contributed by atoms with Crippen molar-refractivity contribution in [2.45, 2.75) is 19.9 Å². The molecule has 158 valence electrons. The molecule has 30 heavy (non-hydrogen) atoms. The van der Waals surface area contributed by atoms with Crippen LogP contribution in [0.1, 0.15) is 16.7 Å². The van der Waals surface area contributed by atoms with Gasteiger partial charge in [0, 0.05) is 62.6 Å². The number of likely N-dealkylation sites (N-methyl/N-ethyl adjacent to an activating group) is 1. The first-order valence-electron chi connectivity index (χ1n) is 10.6. The number of aromatic amines is 1. The lowest BCUT2D eigenvalue weighted by Crippen LogP contribution is -2.44. The van der Waals surface area contributed by atoms with Crippen molar-refractivity contribution in [3.05, 3.63) is 59.4 Å². The predicted octanol–water partition coefficient (Wildman–Crippen LogP) is 2.67. The van der Waals surface area contributed by atoms with Gasteiger partial charge >= 0.3 is 6.03 Å². The number of pyridine rings is 1. The second kappa shape index (κ2) is 9.17. The number of benzene rings is 1. The summed E-state index contributed by atoms with van der Waals surface area (Å²) < 4.78 is 0. The van der Waals surface area contributed by atoms with E-state index in [1.165, 1.54) is 16.5 Å². The van der Waals surface area contributed by atoms with Crippen LogP contribution >= 0.6 is 0 Å². The number of amides is 2. The Labute approximate surface area is 177 Å². The normalized spacial score (nSPS) is 14.8. The van der Waals surface area contributed by atoms with Crippen molar-refractivity contribution >= 4 is 22.8 Å². The van der Waals surface area contributed by atoms with Crippen LogP contribution in [-0.2, 0) is 13.0 Å². The van der Waals surface area contributed by atoms with Crippen LogP contribution in [0.25, 0.3) is 10.9 Å². The zero-order valence-electron chi connectivity index (χ0n) is 17.7. The van der Waals surface area contributed by atoms with Gasteiger partial charge in [0.15, 0.2) is 0 Å². The van der Waals surface area contributed by atoms with Crippen LogP contribution in [0.15, 0.2) is 42.7 Å². The number of nitrogens with zero attached hydrogens (tertiary/aromatic N) is 3. The minimum atomic E-state index is -0.158. The highest BCUT2D eigenvalue weighted by Gasteiger charge is 2.15. The molecule has 1 aromatic carbocycles. The van der Waals surface area contributed by atoms with Crippen molar-refractivity contribution < 1.29 is 4.79 Å². The summed E-state index contributed by atoms with van der Waals surface area (Å²) in [5.74, 6) is 1.00. The van der Waals surface area contributed by atoms with E-state index in [0.717, 1.165) is 49.5 Å². The molecule has 3 aromatic rings. The van der Waals surface area contributed by atoms with Crippen molar-refractivity contribution in [3.8, 4) is 0 Å². The molecule has 0 radical (unpaired) electrons. The predicted molar refractivity (Wildman–Crippen MR) is 121 cm³/mol. The Morgan fingerprint density at radius 3 is 2.73 bits per heavy atom. The van der Waals surface area contributed by atoms with E-state index in [-0.39, 0.29) is 6.03 Å². The lowest BCUT2D eigenvalue weighted by molar-refractivity contribution is 0.240. The maximum Gasteiger partial charge on any atom is 0.315 e. The summed E-state index contributed by atoms with van der Waals surface area (Å²) in [6, 6.07) is 10.3. The fourth-order valence-corrected chi connectivity index (χ4v) is 3.81. The first-order valence-corrected chi connectivity index (χ1v) is 10.6. The van der Waals surface area contributed by atoms with Gasteiger partial charge in [-0.3, -0.25) is 0 Å². The van der Waals surface area contributed by atoms with Crippen LogP contribution in [0.2, 0.25) is 0 Å². The molecule has 2 aromatic heterocycles. The van der Waals surface area contributed by atoms with E-state index in [1.54, 1.807) is 0 Å². The molecule has 0 unspecified atom stereocenters. The maximum atomic E-state index is 12.1. The third-order valence-corrected chi connectivity index (χ3v) is 5.69. The minimum absolute atomic E-state index is 0.158. The number of urea groups is 1. The largest absolute Gasteiger partial charge is 0.361 e. The average Bonchev–Trinajstić information content (AvgIpc) is 3.15. The van der Waals surface area contributed by atoms with E-state index in [1.807, 2.05) is 24.5 Å². The van der Waals surface area contributed by atoms with Gasteiger partial charge in [-0.2, -0.15) is 0 Å². The number of hydrogen-bond donors (Lipinski definition) is 3. The molecule has 4 rings (SSSR count). The van der Waals surface area contributed by atoms with E-state index in [4.69, 9.17) is 0 Å². The molecule has 7 heteroatoms. The Morgan fingerprint density at radius 1 is 1.13 bits per heavy atom. The Morgan fingerprint density at radius 2 is 1.97 bits per heavy atom. The number of aryl methyl sites for hydroxylation is 1. The second-order valence-corrected chi connectivity index (χ2v) is 8.04. The maximum absolute atomic E-state index is 12.1. The Bertz CT molecular complexity index is 989. The molecule has 1 fully saturated rings. The highest BCUT2D eigenvalue weighted by Crippen LogP contribution is 2.19. The monoisotopic (exact) mass is 406 g/mol. The molecular formula is C23H30N6O. The lowest BCUT2D eigenvalue weighted by atomic mass is 10.1. The summed E-state index contributed by atoms with van der Waals surface area (Å²) in [6.07, 6.45) is 4.66. The fourth-order valence-electron chi connectivity index (χ4n) is 3.81. The van der Waals surface area contributed by atoms with E-state index < -0.39 is 0 Å². The van der Waals surface area contributed by atoms with Crippen molar-refractivity contribution in [1.29, 1.82) is 0 Å². The molecule has 1 aliphatic rings. The van der Waals surface area contributed by atoms with Gasteiger partial charge < -0.3 is 25.4 Å². The van der Waals surface area contributed by atoms with Crippen LogP contribution in [0.5, 0.6) is 0 Å². The summed E-state index contributed by atoms with van der Waals surface area (Å²) in [6.45, 7) is 7.26. The summed E-state index contributed by atoms with van der Waals surface area (Å²) in [5, 5.41) is 7.06. The number of rotatable bonds is 6. The number of carbonyl (C=O) groups excluding carboxylic acids is 1. The Hall–Kier alpha value is -3.06. The van der Waals surface area contributed by atoms with Crippen molar-refractivity contribution in [3.63, 3.8) is 0 Å². The molecule has 1 saturated heterocycles. The first-order chi connectivity index (χ1) is 14.6. The van der Waals surface area contributed by atoms with Crippen LogP contribution in [0, 0.1) is 6.92 Å². The highest BCUT2D eigenvalue weighted by molar-refractivity contribution is 5.83. The fraction of sp³-hybridized carbons (Fsp3) is 0.391. The quantitative estimate of drug-likeness (QED) is 0.588. The van der Waals surface area contributed by atoms with Gasteiger partial charge in [0.25, 0.3) is 0 Å². The summed E-state index contributed by atoms with van der Waals surface area (Å²) in [5.41, 5.74) is 4.59. The number of piperazine rings is 1. The smallest absolute Gasteiger partial charge is 0.315 e. The Kier molecular flexibility index (Phi) is 6.18. The van der Waals surface area contributed by atoms with Crippen molar-refractivity contribution in [2.75, 3.05) is 44.7 Å². The SMILES string of the molecule is Cc1ccc2c(CCNC(=O)NCc3ccc(N4CCN(C)CC4)nc3)c[nH]c2c1. The van der Waals surface area contributed by atoms with Crippen LogP contribution in [-0.4, -0.2) is 60.7 Å². The van der Waals surface area contributed by atoms with E-state index >= 15 is 0 Å². The lowest BCUT2D eigenvalue weighted by Gasteiger charge is -2.33. The zero-order chi connectivity index (χ0) is 20.9. The van der Waals surface area contributed by atoms with Gasteiger partial charge in [0.1, 0.15) is 5.82 Å². The number of fused-ring (bicyclic) bond motifs is 1. The molecule has 0 saturated carbocycles. The van der Waals surface area contributed by atoms with Crippen molar-refractivity contribution in [2.24, 2.45) is 0 Å². The van der Waals surface area contributed by atoms with E-state index in [0.29, 0.717) is 13.1 Å². The van der Waals surface area contributed by atoms with Crippen LogP contribution < -0.4 is 15.5 Å². The van der Waals surface area contributed by atoms with E-state index in [9.17, 15) is 4.79 Å². The van der Waals surface area contributed by atoms with Gasteiger partial charge in [0.2, 0.25) is 0 Å². The summed E-state index contributed by atoms with van der Waals surface area (Å²) in [7, 11) is 2.14. The molecule has 0 aliphatic carbocycles. The highest BCUT2D eigenvalue weighted by atomic mass is 16.2. The van der Waals surface area contributed by atoms with Crippen molar-refractivity contribution in [1.82, 2.24) is 25.5 Å². The standard InChI is InChI=1S/C23H30N6O/c1-17-3-5-20-19(16-25-21(20)13-17)7-8-24-23(30)27-15-18-4-6-22(26-14-18)29-11-9-28(2)10-12-29/h3-6,13-14,16,25H,7-12,15H2,1-2H3,(H2,24,27,30). The third kappa shape index (κ3) is 4.91. The molecule has 3 N–H and O–H groups in total. The van der Waals surface area contributed by atoms with E-state index in [2.05, 4.69) is 62.6 Å². The number of H-pyrrole nitrogens is 1. The third-order valence-electron chi connectivity index (χ3n) is 5.69. The molecule has 0 bridgehead atoms. The topological polar surface area (TPSA) is 76.3 Å². The van der Waals surface area contributed by atoms with Gasteiger partial charge in [-0.25, -0.2) is 9.78 Å². The Balaban J connectivity index is 1.21. The molecule has 7 nitrogen and oxygen atoms in total. The zero-order valence-corrected chi connectivity index (χ0v) is 17.7. The van der Waals surface area contributed by atoms with Crippen LogP contribution in [0.3, 0.4) is 0 Å². The number of anilines is 1. The average molecular weight is 407 g/mol. The second-order valence-electron chi connectivity index (χ2n) is 8.04. The van der Waals surface area contributed by atoms with Gasteiger partial charge in [-0.05, 0) is 49.2 Å². The molecule has 0 spiro atoms. The summed E-state index contributed by atoms with van der Waals surface area (Å²) >= 11 is 0. The van der Waals surface area contributed by atoms with Gasteiger partial charge in [-0.15, -0.1) is 0 Å².